The second kappa shape index (κ2) is 11.9. The number of piperazine rings is 1. The molecule has 0 bridgehead atoms. The van der Waals surface area contributed by atoms with Gasteiger partial charge in [-0.25, -0.2) is 0 Å². The quantitative estimate of drug-likeness (QED) is 0.509. The molecule has 1 amide bonds. The van der Waals surface area contributed by atoms with Crippen molar-refractivity contribution in [2.75, 3.05) is 44.2 Å². The summed E-state index contributed by atoms with van der Waals surface area (Å²) in [5, 5.41) is 8.93. The molecule has 0 atom stereocenters. The van der Waals surface area contributed by atoms with Crippen LogP contribution in [-0.2, 0) is 9.53 Å². The highest BCUT2D eigenvalue weighted by atomic mass is 19.4. The molecule has 2 aliphatic carbocycles. The number of amides is 1. The largest absolute Gasteiger partial charge is 0.763 e. The number of hydrogen-bond donors (Lipinski definition) is 0. The third-order valence-corrected chi connectivity index (χ3v) is 7.23. The van der Waals surface area contributed by atoms with E-state index in [2.05, 4.69) is 41.1 Å². The van der Waals surface area contributed by atoms with Gasteiger partial charge in [-0.1, -0.05) is 17.7 Å². The normalized spacial score (nSPS) is 23.7. The highest BCUT2D eigenvalue weighted by Crippen LogP contribution is 2.33. The Kier molecular flexibility index (Phi) is 8.67. The lowest BCUT2D eigenvalue weighted by Crippen LogP contribution is -2.50. The van der Waals surface area contributed by atoms with E-state index in [0.29, 0.717) is 19.6 Å². The van der Waals surface area contributed by atoms with Crippen LogP contribution in [0.25, 0.3) is 5.41 Å². The van der Waals surface area contributed by atoms with Crippen LogP contribution < -0.4 is 4.90 Å². The number of carbonyl (C=O) groups is 1. The van der Waals surface area contributed by atoms with Gasteiger partial charge >= 0.3 is 6.18 Å². The molecule has 2 fully saturated rings. The van der Waals surface area contributed by atoms with E-state index in [4.69, 9.17) is 10.1 Å². The Bertz CT molecular complexity index is 1100. The number of benzene rings is 1. The second-order valence-electron chi connectivity index (χ2n) is 9.84. The Balaban J connectivity index is 1.17. The van der Waals surface area contributed by atoms with Crippen molar-refractivity contribution in [2.45, 2.75) is 44.9 Å². The molecule has 1 aliphatic heterocycles. The summed E-state index contributed by atoms with van der Waals surface area (Å²) in [5.74, 6) is 1.86. The maximum Gasteiger partial charge on any atom is 0.417 e. The smallest absolute Gasteiger partial charge is 0.417 e. The molecule has 1 saturated carbocycles. The van der Waals surface area contributed by atoms with Crippen molar-refractivity contribution in [1.29, 1.82) is 0 Å². The van der Waals surface area contributed by atoms with E-state index in [-0.39, 0.29) is 30.2 Å². The molecule has 198 valence electrons. The maximum atomic E-state index is 13.2. The van der Waals surface area contributed by atoms with Crippen LogP contribution in [0, 0.1) is 12.8 Å². The van der Waals surface area contributed by atoms with E-state index in [1.54, 1.807) is 5.87 Å². The van der Waals surface area contributed by atoms with Crippen LogP contribution in [0.1, 0.15) is 31.2 Å². The molecule has 1 saturated heterocycles. The van der Waals surface area contributed by atoms with Gasteiger partial charge in [-0.3, -0.25) is 15.7 Å². The minimum absolute atomic E-state index is 0.0146. The Morgan fingerprint density at radius 3 is 2.38 bits per heavy atom. The van der Waals surface area contributed by atoms with E-state index < -0.39 is 17.3 Å². The summed E-state index contributed by atoms with van der Waals surface area (Å²) in [6.07, 6.45) is 2.30. The lowest BCUT2D eigenvalue weighted by atomic mass is 9.87. The van der Waals surface area contributed by atoms with Crippen LogP contribution in [0.4, 0.5) is 18.9 Å². The SMILES string of the molecule is Cc1ccc(N2CCN(C(=O)COC3CCC(CN=C4C=CC(=C=[N-])C(C(F)(F)F)=C4)CC3)CC2)cc1. The van der Waals surface area contributed by atoms with Crippen LogP contribution >= 0.6 is 0 Å². The van der Waals surface area contributed by atoms with Crippen molar-refractivity contribution >= 4 is 23.2 Å². The number of nitrogens with zero attached hydrogens (tertiary/aromatic N) is 4. The van der Waals surface area contributed by atoms with Crippen molar-refractivity contribution in [1.82, 2.24) is 4.90 Å². The lowest BCUT2D eigenvalue weighted by molar-refractivity contribution is -0.139. The number of aliphatic imine (C=N–C) groups is 1. The van der Waals surface area contributed by atoms with Crippen molar-refractivity contribution < 1.29 is 22.7 Å². The van der Waals surface area contributed by atoms with Gasteiger partial charge in [0.25, 0.3) is 0 Å². The van der Waals surface area contributed by atoms with E-state index in [0.717, 1.165) is 44.8 Å². The number of aryl methyl sites for hydroxylation is 1. The molecule has 9 heteroatoms. The molecule has 37 heavy (non-hydrogen) atoms. The topological polar surface area (TPSA) is 67.4 Å². The van der Waals surface area contributed by atoms with Crippen LogP contribution in [0.3, 0.4) is 0 Å². The van der Waals surface area contributed by atoms with Gasteiger partial charge in [0.2, 0.25) is 5.91 Å². The molecule has 0 spiro atoms. The van der Waals surface area contributed by atoms with Crippen molar-refractivity contribution in [3.63, 3.8) is 0 Å². The zero-order valence-electron chi connectivity index (χ0n) is 21.0. The Morgan fingerprint density at radius 2 is 1.76 bits per heavy atom. The average molecular weight is 514 g/mol. The highest BCUT2D eigenvalue weighted by Gasteiger charge is 2.36. The second-order valence-corrected chi connectivity index (χ2v) is 9.84. The van der Waals surface area contributed by atoms with E-state index >= 15 is 0 Å². The summed E-state index contributed by atoms with van der Waals surface area (Å²) in [6.45, 7) is 5.52. The van der Waals surface area contributed by atoms with Gasteiger partial charge in [-0.2, -0.15) is 13.2 Å². The number of carbonyl (C=O) groups excluding carboxylic acids is 1. The van der Waals surface area contributed by atoms with E-state index in [1.165, 1.54) is 23.4 Å². The monoisotopic (exact) mass is 513 g/mol. The summed E-state index contributed by atoms with van der Waals surface area (Å²) in [6, 6.07) is 8.42. The van der Waals surface area contributed by atoms with Gasteiger partial charge in [-0.05, 0) is 68.9 Å². The molecular formula is C28H32F3N4O2-. The zero-order valence-corrected chi connectivity index (χ0v) is 21.0. The fourth-order valence-corrected chi connectivity index (χ4v) is 4.93. The molecule has 1 aromatic rings. The first-order valence-corrected chi connectivity index (χ1v) is 12.7. The van der Waals surface area contributed by atoms with Crippen LogP contribution in [0.5, 0.6) is 0 Å². The predicted molar refractivity (Wildman–Crippen MR) is 139 cm³/mol. The Hall–Kier alpha value is -3.16. The molecule has 4 rings (SSSR count). The lowest BCUT2D eigenvalue weighted by Gasteiger charge is -2.36. The van der Waals surface area contributed by atoms with Gasteiger partial charge in [0, 0.05) is 44.0 Å². The summed E-state index contributed by atoms with van der Waals surface area (Å²) in [5.41, 5.74) is 1.29. The molecule has 6 nitrogen and oxygen atoms in total. The van der Waals surface area contributed by atoms with Gasteiger partial charge in [-0.15, -0.1) is 0 Å². The molecule has 0 unspecified atom stereocenters. The number of halogens is 3. The molecule has 0 N–H and O–H groups in total. The van der Waals surface area contributed by atoms with Crippen molar-refractivity contribution in [3.8, 4) is 0 Å². The fraction of sp³-hybridized carbons (Fsp3) is 0.500. The summed E-state index contributed by atoms with van der Waals surface area (Å²) in [4.78, 5) is 21.2. The fourth-order valence-electron chi connectivity index (χ4n) is 4.93. The summed E-state index contributed by atoms with van der Waals surface area (Å²) >= 11 is 0. The highest BCUT2D eigenvalue weighted by molar-refractivity contribution is 6.08. The number of hydrogen-bond acceptors (Lipinski definition) is 4. The molecule has 0 radical (unpaired) electrons. The third kappa shape index (κ3) is 7.21. The number of alkyl halides is 3. The van der Waals surface area contributed by atoms with Gasteiger partial charge in [0.1, 0.15) is 6.61 Å². The number of allylic oxidation sites excluding steroid dienone is 5. The molecule has 1 aromatic carbocycles. The molecule has 3 aliphatic rings. The molecule has 1 heterocycles. The van der Waals surface area contributed by atoms with Crippen LogP contribution in [0.2, 0.25) is 0 Å². The minimum Gasteiger partial charge on any atom is -0.763 e. The van der Waals surface area contributed by atoms with E-state index in [1.807, 2.05) is 4.90 Å². The zero-order chi connectivity index (χ0) is 26.4. The number of anilines is 1. The predicted octanol–water partition coefficient (Wildman–Crippen LogP) is 4.88. The Morgan fingerprint density at radius 1 is 1.08 bits per heavy atom. The van der Waals surface area contributed by atoms with Crippen molar-refractivity contribution in [3.05, 3.63) is 64.6 Å². The summed E-state index contributed by atoms with van der Waals surface area (Å²) < 4.78 is 45.4. The third-order valence-electron chi connectivity index (χ3n) is 7.23. The van der Waals surface area contributed by atoms with Gasteiger partial charge in [0.15, 0.2) is 0 Å². The molecular weight excluding hydrogens is 481 g/mol. The summed E-state index contributed by atoms with van der Waals surface area (Å²) in [7, 11) is 0. The first-order chi connectivity index (χ1) is 17.7. The number of ether oxygens (including phenoxy) is 1. The van der Waals surface area contributed by atoms with Gasteiger partial charge < -0.3 is 19.9 Å². The maximum absolute atomic E-state index is 13.2. The van der Waals surface area contributed by atoms with E-state index in [9.17, 15) is 18.0 Å². The minimum atomic E-state index is -4.59. The van der Waals surface area contributed by atoms with Gasteiger partial charge in [0.05, 0.1) is 17.4 Å². The number of rotatable bonds is 6. The van der Waals surface area contributed by atoms with Crippen LogP contribution in [0.15, 0.2) is 58.6 Å². The standard InChI is InChI=1S/C28H32F3N4O2/c1-20-2-8-24(9-3-20)34-12-14-35(15-13-34)27(36)19-37-25-10-4-21(5-11-25)18-33-23-7-6-22(17-32)26(16-23)28(29,30)31/h2-3,6-9,16,21,25H,4-5,10-15,18-19H2,1H3/q-1. The molecule has 0 aromatic heterocycles. The van der Waals surface area contributed by atoms with Crippen LogP contribution in [-0.4, -0.2) is 74.0 Å². The average Bonchev–Trinajstić information content (AvgIpc) is 2.91. The first-order valence-electron chi connectivity index (χ1n) is 12.7. The Labute approximate surface area is 215 Å². The van der Waals surface area contributed by atoms with Crippen molar-refractivity contribution in [2.24, 2.45) is 10.9 Å². The first kappa shape index (κ1) is 26.9.